The molecule has 0 aromatic heterocycles. The van der Waals surface area contributed by atoms with E-state index in [1.807, 2.05) is 31.2 Å². The van der Waals surface area contributed by atoms with Crippen molar-refractivity contribution in [1.29, 1.82) is 0 Å². The van der Waals surface area contributed by atoms with Gasteiger partial charge < -0.3 is 14.6 Å². The van der Waals surface area contributed by atoms with E-state index in [1.165, 1.54) is 12.8 Å². The molecule has 0 saturated carbocycles. The number of ether oxygens (including phenoxy) is 2. The van der Waals surface area contributed by atoms with Crippen molar-refractivity contribution in [2.75, 3.05) is 13.2 Å². The molecule has 0 bridgehead atoms. The van der Waals surface area contributed by atoms with Crippen molar-refractivity contribution in [3.05, 3.63) is 29.8 Å². The molecule has 2 unspecified atom stereocenters. The van der Waals surface area contributed by atoms with Crippen molar-refractivity contribution in [2.24, 2.45) is 0 Å². The second kappa shape index (κ2) is 7.51. The van der Waals surface area contributed by atoms with E-state index < -0.39 is 6.10 Å². The lowest BCUT2D eigenvalue weighted by molar-refractivity contribution is 0.00196. The van der Waals surface area contributed by atoms with Gasteiger partial charge in [-0.1, -0.05) is 18.2 Å². The summed E-state index contributed by atoms with van der Waals surface area (Å²) < 4.78 is 11.3. The molecule has 3 nitrogen and oxygen atoms in total. The maximum atomic E-state index is 10.3. The predicted octanol–water partition coefficient (Wildman–Crippen LogP) is 3.47. The standard InChI is InChI=1S/C16H24O3/c1-2-18-16-9-4-3-8-14(16)15(17)11-10-13-7-5-6-12-19-13/h3-4,8-9,13,15,17H,2,5-7,10-12H2,1H3. The summed E-state index contributed by atoms with van der Waals surface area (Å²) in [5, 5.41) is 10.3. The molecule has 19 heavy (non-hydrogen) atoms. The Kier molecular flexibility index (Phi) is 5.67. The first-order valence-electron chi connectivity index (χ1n) is 7.32. The molecule has 1 aliphatic rings. The van der Waals surface area contributed by atoms with Gasteiger partial charge in [-0.3, -0.25) is 0 Å². The lowest BCUT2D eigenvalue weighted by Crippen LogP contribution is -2.19. The molecule has 3 heteroatoms. The third-order valence-electron chi connectivity index (χ3n) is 3.61. The maximum Gasteiger partial charge on any atom is 0.125 e. The van der Waals surface area contributed by atoms with Gasteiger partial charge >= 0.3 is 0 Å². The van der Waals surface area contributed by atoms with Gasteiger partial charge in [-0.25, -0.2) is 0 Å². The van der Waals surface area contributed by atoms with Crippen LogP contribution in [-0.4, -0.2) is 24.4 Å². The van der Waals surface area contributed by atoms with Gasteiger partial charge in [0, 0.05) is 12.2 Å². The van der Waals surface area contributed by atoms with Crippen LogP contribution in [0.4, 0.5) is 0 Å². The van der Waals surface area contributed by atoms with Gasteiger partial charge in [0.1, 0.15) is 5.75 Å². The van der Waals surface area contributed by atoms with Crippen molar-refractivity contribution in [2.45, 2.75) is 51.2 Å². The fourth-order valence-electron chi connectivity index (χ4n) is 2.58. The van der Waals surface area contributed by atoms with Crippen LogP contribution in [0.1, 0.15) is 50.7 Å². The highest BCUT2D eigenvalue weighted by atomic mass is 16.5. The number of para-hydroxylation sites is 1. The van der Waals surface area contributed by atoms with Gasteiger partial charge in [0.05, 0.1) is 18.8 Å². The van der Waals surface area contributed by atoms with Gasteiger partial charge in [-0.2, -0.15) is 0 Å². The monoisotopic (exact) mass is 264 g/mol. The summed E-state index contributed by atoms with van der Waals surface area (Å²) in [5.74, 6) is 0.794. The Balaban J connectivity index is 1.89. The highest BCUT2D eigenvalue weighted by Gasteiger charge is 2.18. The number of benzene rings is 1. The molecule has 1 aromatic rings. The molecule has 0 amide bonds. The van der Waals surface area contributed by atoms with E-state index in [9.17, 15) is 5.11 Å². The van der Waals surface area contributed by atoms with Gasteiger partial charge in [0.15, 0.2) is 0 Å². The molecule has 1 saturated heterocycles. The minimum atomic E-state index is -0.465. The molecule has 1 aliphatic heterocycles. The quantitative estimate of drug-likeness (QED) is 0.855. The van der Waals surface area contributed by atoms with E-state index in [2.05, 4.69) is 0 Å². The van der Waals surface area contributed by atoms with Crippen molar-refractivity contribution >= 4 is 0 Å². The SMILES string of the molecule is CCOc1ccccc1C(O)CCC1CCCCO1. The van der Waals surface area contributed by atoms with Crippen LogP contribution in [0, 0.1) is 0 Å². The topological polar surface area (TPSA) is 38.7 Å². The lowest BCUT2D eigenvalue weighted by Gasteiger charge is -2.24. The molecule has 2 rings (SSSR count). The molecule has 1 heterocycles. The first-order valence-corrected chi connectivity index (χ1v) is 7.32. The summed E-state index contributed by atoms with van der Waals surface area (Å²) in [7, 11) is 0. The Bertz CT molecular complexity index is 372. The van der Waals surface area contributed by atoms with E-state index in [0.29, 0.717) is 12.7 Å². The zero-order valence-corrected chi connectivity index (χ0v) is 11.7. The Labute approximate surface area is 115 Å². The molecule has 1 fully saturated rings. The minimum absolute atomic E-state index is 0.322. The van der Waals surface area contributed by atoms with Crippen molar-refractivity contribution < 1.29 is 14.6 Å². The van der Waals surface area contributed by atoms with Crippen LogP contribution < -0.4 is 4.74 Å². The molecular formula is C16H24O3. The van der Waals surface area contributed by atoms with Crippen LogP contribution >= 0.6 is 0 Å². The zero-order valence-electron chi connectivity index (χ0n) is 11.7. The first-order chi connectivity index (χ1) is 9.31. The van der Waals surface area contributed by atoms with Gasteiger partial charge in [-0.15, -0.1) is 0 Å². The molecule has 0 spiro atoms. The summed E-state index contributed by atoms with van der Waals surface area (Å²) in [6.45, 7) is 3.45. The number of rotatable bonds is 6. The molecule has 1 aromatic carbocycles. The van der Waals surface area contributed by atoms with Gasteiger partial charge in [-0.05, 0) is 45.1 Å². The van der Waals surface area contributed by atoms with E-state index in [4.69, 9.17) is 9.47 Å². The fourth-order valence-corrected chi connectivity index (χ4v) is 2.58. The highest BCUT2D eigenvalue weighted by Crippen LogP contribution is 2.29. The average molecular weight is 264 g/mol. The van der Waals surface area contributed by atoms with Crippen molar-refractivity contribution in [1.82, 2.24) is 0 Å². The Morgan fingerprint density at radius 1 is 1.37 bits per heavy atom. The Morgan fingerprint density at radius 3 is 2.95 bits per heavy atom. The van der Waals surface area contributed by atoms with Gasteiger partial charge in [0.2, 0.25) is 0 Å². The van der Waals surface area contributed by atoms with E-state index >= 15 is 0 Å². The largest absolute Gasteiger partial charge is 0.493 e. The number of hydrogen-bond acceptors (Lipinski definition) is 3. The predicted molar refractivity (Wildman–Crippen MR) is 75.4 cm³/mol. The Morgan fingerprint density at radius 2 is 2.21 bits per heavy atom. The van der Waals surface area contributed by atoms with Gasteiger partial charge in [0.25, 0.3) is 0 Å². The molecule has 106 valence electrons. The van der Waals surface area contributed by atoms with E-state index in [0.717, 1.165) is 37.2 Å². The highest BCUT2D eigenvalue weighted by molar-refractivity contribution is 5.35. The van der Waals surface area contributed by atoms with Crippen molar-refractivity contribution in [3.63, 3.8) is 0 Å². The minimum Gasteiger partial charge on any atom is -0.493 e. The summed E-state index contributed by atoms with van der Waals surface area (Å²) in [6, 6.07) is 7.74. The van der Waals surface area contributed by atoms with Crippen LogP contribution in [-0.2, 0) is 4.74 Å². The number of aliphatic hydroxyl groups excluding tert-OH is 1. The fraction of sp³-hybridized carbons (Fsp3) is 0.625. The van der Waals surface area contributed by atoms with Crippen molar-refractivity contribution in [3.8, 4) is 5.75 Å². The van der Waals surface area contributed by atoms with E-state index in [-0.39, 0.29) is 0 Å². The molecular weight excluding hydrogens is 240 g/mol. The molecule has 2 atom stereocenters. The zero-order chi connectivity index (χ0) is 13.5. The summed E-state index contributed by atoms with van der Waals surface area (Å²) in [4.78, 5) is 0. The summed E-state index contributed by atoms with van der Waals surface area (Å²) in [6.07, 6.45) is 5.05. The second-order valence-corrected chi connectivity index (χ2v) is 5.05. The first kappa shape index (κ1) is 14.4. The Hall–Kier alpha value is -1.06. The molecule has 1 N–H and O–H groups in total. The molecule has 0 radical (unpaired) electrons. The van der Waals surface area contributed by atoms with Crippen LogP contribution in [0.3, 0.4) is 0 Å². The summed E-state index contributed by atoms with van der Waals surface area (Å²) >= 11 is 0. The smallest absolute Gasteiger partial charge is 0.125 e. The third-order valence-corrected chi connectivity index (χ3v) is 3.61. The maximum absolute atomic E-state index is 10.3. The van der Waals surface area contributed by atoms with E-state index in [1.54, 1.807) is 0 Å². The van der Waals surface area contributed by atoms with Crippen LogP contribution in [0.5, 0.6) is 5.75 Å². The lowest BCUT2D eigenvalue weighted by atomic mass is 9.98. The summed E-state index contributed by atoms with van der Waals surface area (Å²) in [5.41, 5.74) is 0.889. The van der Waals surface area contributed by atoms with Crippen LogP contribution in [0.2, 0.25) is 0 Å². The average Bonchev–Trinajstić information content (AvgIpc) is 2.47. The van der Waals surface area contributed by atoms with Crippen LogP contribution in [0.25, 0.3) is 0 Å². The number of aliphatic hydroxyl groups is 1. The third kappa shape index (κ3) is 4.22. The normalized spacial score (nSPS) is 21.1. The van der Waals surface area contributed by atoms with Crippen LogP contribution in [0.15, 0.2) is 24.3 Å². The molecule has 0 aliphatic carbocycles. The number of hydrogen-bond donors (Lipinski definition) is 1. The second-order valence-electron chi connectivity index (χ2n) is 5.05.